The number of allylic oxidation sites excluding steroid dienone is 25. The van der Waals surface area contributed by atoms with Gasteiger partial charge in [-0.3, -0.25) is 13.8 Å². The zero-order valence-corrected chi connectivity index (χ0v) is 56.9. The zero-order valence-electron chi connectivity index (χ0n) is 56.0. The molecule has 86 heavy (non-hydrogen) atoms. The van der Waals surface area contributed by atoms with E-state index in [4.69, 9.17) is 9.05 Å². The molecule has 0 aromatic heterocycles. The molecule has 3 atom stereocenters. The van der Waals surface area contributed by atoms with E-state index >= 15 is 0 Å². The van der Waals surface area contributed by atoms with Gasteiger partial charge in [0.15, 0.2) is 0 Å². The van der Waals surface area contributed by atoms with Gasteiger partial charge in [-0.05, 0) is 122 Å². The van der Waals surface area contributed by atoms with Crippen molar-refractivity contribution in [1.29, 1.82) is 0 Å². The van der Waals surface area contributed by atoms with Crippen molar-refractivity contribution in [2.75, 3.05) is 40.9 Å². The largest absolute Gasteiger partial charge is 0.472 e. The van der Waals surface area contributed by atoms with Crippen LogP contribution in [0.1, 0.15) is 271 Å². The molecule has 490 valence electrons. The fourth-order valence-corrected chi connectivity index (χ4v) is 10.1. The second kappa shape index (κ2) is 65.6. The Balaban J connectivity index is 4.25. The molecule has 0 saturated carbocycles. The molecule has 0 bridgehead atoms. The van der Waals surface area contributed by atoms with E-state index in [-0.39, 0.29) is 19.1 Å². The van der Waals surface area contributed by atoms with Crippen LogP contribution in [-0.4, -0.2) is 73.4 Å². The number of hydrogen-bond acceptors (Lipinski definition) is 5. The van der Waals surface area contributed by atoms with Gasteiger partial charge in [0.05, 0.1) is 39.9 Å². The van der Waals surface area contributed by atoms with Crippen molar-refractivity contribution >= 4 is 13.7 Å². The van der Waals surface area contributed by atoms with Crippen LogP contribution in [0, 0.1) is 0 Å². The Morgan fingerprint density at radius 1 is 0.407 bits per heavy atom. The van der Waals surface area contributed by atoms with E-state index < -0.39 is 20.0 Å². The predicted octanol–water partition coefficient (Wildman–Crippen LogP) is 22.5. The van der Waals surface area contributed by atoms with Crippen LogP contribution in [0.2, 0.25) is 0 Å². The lowest BCUT2D eigenvalue weighted by Crippen LogP contribution is -2.45. The third-order valence-corrected chi connectivity index (χ3v) is 15.7. The van der Waals surface area contributed by atoms with E-state index in [1.807, 2.05) is 27.2 Å². The maximum absolute atomic E-state index is 13.0. The molecule has 0 fully saturated rings. The molecule has 0 radical (unpaired) electrons. The monoisotopic (exact) mass is 1210 g/mol. The molecule has 0 saturated heterocycles. The highest BCUT2D eigenvalue weighted by molar-refractivity contribution is 7.47. The Bertz CT molecular complexity index is 1960. The van der Waals surface area contributed by atoms with Crippen LogP contribution >= 0.6 is 7.82 Å². The Kier molecular flexibility index (Phi) is 62.6. The molecular weight excluding hydrogens is 1080 g/mol. The Labute approximate surface area is 531 Å². The number of phosphoric ester groups is 1. The van der Waals surface area contributed by atoms with Crippen LogP contribution in [0.25, 0.3) is 0 Å². The molecule has 9 heteroatoms. The normalized spacial score (nSPS) is 14.6. The molecule has 3 N–H and O–H groups in total. The molecule has 0 aromatic rings. The van der Waals surface area contributed by atoms with Gasteiger partial charge in [0.1, 0.15) is 13.2 Å². The average Bonchev–Trinajstić information content (AvgIpc) is 3.70. The van der Waals surface area contributed by atoms with Gasteiger partial charge in [-0.15, -0.1) is 0 Å². The summed E-state index contributed by atoms with van der Waals surface area (Å²) < 4.78 is 23.8. The van der Waals surface area contributed by atoms with Crippen LogP contribution < -0.4 is 5.32 Å². The van der Waals surface area contributed by atoms with E-state index in [0.717, 1.165) is 135 Å². The highest BCUT2D eigenvalue weighted by Crippen LogP contribution is 2.43. The summed E-state index contributed by atoms with van der Waals surface area (Å²) >= 11 is 0. The number of aliphatic hydroxyl groups is 1. The quantitative estimate of drug-likeness (QED) is 0.0243. The second-order valence-corrected chi connectivity index (χ2v) is 25.6. The van der Waals surface area contributed by atoms with E-state index in [0.29, 0.717) is 17.4 Å². The average molecular weight is 1210 g/mol. The lowest BCUT2D eigenvalue weighted by atomic mass is 10.0. The number of carbonyl (C=O) groups excluding carboxylic acids is 1. The van der Waals surface area contributed by atoms with Crippen molar-refractivity contribution in [3.63, 3.8) is 0 Å². The van der Waals surface area contributed by atoms with Crippen molar-refractivity contribution in [1.82, 2.24) is 5.32 Å². The number of rotatable bonds is 62. The summed E-state index contributed by atoms with van der Waals surface area (Å²) in [5, 5.41) is 14.0. The molecule has 0 heterocycles. The SMILES string of the molecule is CC/C=C\C/C=C\C/C=C\C/C=C\C/C=C\C/C=C\C/C=C\C/C=C\C/C=C\C/C=C\CCCCCCCCC(=O)NC(COP(=O)(O)OCC[N+](C)(C)C)C(O)/C=C/CC/C=C/CC/C=C/CCCCCCCCCCCCCCCCCCC. The first-order valence-corrected chi connectivity index (χ1v) is 36.4. The molecular formula is C77H132N2O6P+. The summed E-state index contributed by atoms with van der Waals surface area (Å²) in [6.45, 7) is 4.66. The third-order valence-electron chi connectivity index (χ3n) is 14.7. The van der Waals surface area contributed by atoms with Gasteiger partial charge in [-0.25, -0.2) is 4.57 Å². The van der Waals surface area contributed by atoms with Gasteiger partial charge in [-0.1, -0.05) is 300 Å². The van der Waals surface area contributed by atoms with Crippen molar-refractivity contribution in [2.45, 2.75) is 283 Å². The molecule has 0 spiro atoms. The number of nitrogens with one attached hydrogen (secondary N) is 1. The number of quaternary nitrogens is 1. The van der Waals surface area contributed by atoms with Crippen LogP contribution in [0.3, 0.4) is 0 Å². The van der Waals surface area contributed by atoms with Gasteiger partial charge in [0, 0.05) is 6.42 Å². The second-order valence-electron chi connectivity index (χ2n) is 24.2. The molecule has 0 rings (SSSR count). The molecule has 3 unspecified atom stereocenters. The lowest BCUT2D eigenvalue weighted by molar-refractivity contribution is -0.870. The first kappa shape index (κ1) is 82.1. The highest BCUT2D eigenvalue weighted by Gasteiger charge is 2.28. The first-order chi connectivity index (χ1) is 42.0. The number of unbranched alkanes of at least 4 members (excludes halogenated alkanes) is 25. The topological polar surface area (TPSA) is 105 Å². The van der Waals surface area contributed by atoms with E-state index in [2.05, 4.69) is 165 Å². The Hall–Kier alpha value is -3.88. The van der Waals surface area contributed by atoms with Crippen molar-refractivity contribution in [2.24, 2.45) is 0 Å². The number of carbonyl (C=O) groups is 1. The summed E-state index contributed by atoms with van der Waals surface area (Å²) in [5.41, 5.74) is 0. The number of phosphoric acid groups is 1. The standard InChI is InChI=1S/C77H131N2O6P/c1-6-8-10-12-14-16-18-20-22-24-26-28-30-32-34-35-36-37-38-39-40-41-42-43-45-47-49-51-53-55-57-59-61-63-65-67-69-71-77(81)78-75(74-85-86(82,83)84-73-72-79(3,4)5)76(80)70-68-66-64-62-60-58-56-54-52-50-48-46-44-33-31-29-27-25-23-21-19-17-15-13-11-9-7-2/h8,10,14,16,20,22,26,28,32,34,36-37,39-40,42-43,47,49,52-55,60,62,68,70,75-76,80H,6-7,9,11-13,15,17-19,21,23-25,27,29-31,33,35,38,41,44-46,48,50-51,56-59,61,63-67,69,71-74H2,1-5H3,(H-,78,81,82,83)/p+1/b10-8-,16-14-,22-20-,28-26-,34-32-,37-36-,40-39-,43-42-,49-47-,54-52+,55-53-,62-60+,70-68+. The van der Waals surface area contributed by atoms with E-state index in [9.17, 15) is 19.4 Å². The van der Waals surface area contributed by atoms with Crippen molar-refractivity contribution in [3.8, 4) is 0 Å². The molecule has 8 nitrogen and oxygen atoms in total. The molecule has 0 aliphatic heterocycles. The number of amides is 1. The Morgan fingerprint density at radius 2 is 0.709 bits per heavy atom. The maximum Gasteiger partial charge on any atom is 0.472 e. The highest BCUT2D eigenvalue weighted by atomic mass is 31.2. The fourth-order valence-electron chi connectivity index (χ4n) is 9.34. The van der Waals surface area contributed by atoms with Crippen LogP contribution in [0.4, 0.5) is 0 Å². The van der Waals surface area contributed by atoms with E-state index in [1.54, 1.807) is 6.08 Å². The van der Waals surface area contributed by atoms with Gasteiger partial charge in [0.2, 0.25) is 5.91 Å². The number of nitrogens with zero attached hydrogens (tertiary/aromatic N) is 1. The minimum Gasteiger partial charge on any atom is -0.387 e. The van der Waals surface area contributed by atoms with E-state index in [1.165, 1.54) is 116 Å². The van der Waals surface area contributed by atoms with Gasteiger partial charge in [0.25, 0.3) is 0 Å². The minimum atomic E-state index is -4.38. The van der Waals surface area contributed by atoms with Crippen LogP contribution in [-0.2, 0) is 18.4 Å². The van der Waals surface area contributed by atoms with Crippen molar-refractivity contribution < 1.29 is 32.9 Å². The van der Waals surface area contributed by atoms with Gasteiger partial charge >= 0.3 is 7.82 Å². The number of aliphatic hydroxyl groups excluding tert-OH is 1. The minimum absolute atomic E-state index is 0.0420. The number of hydrogen-bond donors (Lipinski definition) is 3. The molecule has 0 aliphatic rings. The summed E-state index contributed by atoms with van der Waals surface area (Å²) in [6, 6.07) is -0.892. The zero-order chi connectivity index (χ0) is 62.6. The molecule has 0 aliphatic carbocycles. The maximum atomic E-state index is 13.0. The van der Waals surface area contributed by atoms with Crippen LogP contribution in [0.15, 0.2) is 158 Å². The van der Waals surface area contributed by atoms with Crippen LogP contribution in [0.5, 0.6) is 0 Å². The van der Waals surface area contributed by atoms with Crippen molar-refractivity contribution in [3.05, 3.63) is 158 Å². The van der Waals surface area contributed by atoms with Gasteiger partial charge < -0.3 is 19.8 Å². The predicted molar refractivity (Wildman–Crippen MR) is 377 cm³/mol. The fraction of sp³-hybridized carbons (Fsp3) is 0.649. The number of likely N-dealkylation sites (N-methyl/N-ethyl adjacent to an activating group) is 1. The smallest absolute Gasteiger partial charge is 0.387 e. The third kappa shape index (κ3) is 67.6. The Morgan fingerprint density at radius 3 is 1.07 bits per heavy atom. The summed E-state index contributed by atoms with van der Waals surface area (Å²) in [7, 11) is 1.52. The molecule has 1 amide bonds. The summed E-state index contributed by atoms with van der Waals surface area (Å²) in [4.78, 5) is 23.4. The van der Waals surface area contributed by atoms with Gasteiger partial charge in [-0.2, -0.15) is 0 Å². The first-order valence-electron chi connectivity index (χ1n) is 34.9. The summed E-state index contributed by atoms with van der Waals surface area (Å²) in [6.07, 6.45) is 102. The summed E-state index contributed by atoms with van der Waals surface area (Å²) in [5.74, 6) is -0.210. The lowest BCUT2D eigenvalue weighted by Gasteiger charge is -2.25. The molecule has 0 aromatic carbocycles.